The Morgan fingerprint density at radius 2 is 2.19 bits per heavy atom. The Bertz CT molecular complexity index is 545. The highest BCUT2D eigenvalue weighted by molar-refractivity contribution is 6.35. The zero-order chi connectivity index (χ0) is 15.4. The van der Waals surface area contributed by atoms with Gasteiger partial charge in [0.15, 0.2) is 0 Å². The number of carbonyl (C=O) groups excluding carboxylic acids is 2. The van der Waals surface area contributed by atoms with E-state index in [2.05, 4.69) is 5.32 Å². The molecule has 2 atom stereocenters. The number of hydrogen-bond acceptors (Lipinski definition) is 3. The van der Waals surface area contributed by atoms with Gasteiger partial charge in [-0.1, -0.05) is 29.3 Å². The largest absolute Gasteiger partial charge is 0.368 e. The zero-order valence-corrected chi connectivity index (χ0v) is 12.8. The molecule has 1 fully saturated rings. The van der Waals surface area contributed by atoms with Gasteiger partial charge in [0.25, 0.3) is 0 Å². The third kappa shape index (κ3) is 4.33. The van der Waals surface area contributed by atoms with Crippen LogP contribution in [0.2, 0.25) is 10.0 Å². The lowest BCUT2D eigenvalue weighted by atomic mass is 10.0. The third-order valence-corrected chi connectivity index (χ3v) is 3.91. The summed E-state index contributed by atoms with van der Waals surface area (Å²) in [6, 6.07) is 4.13. The molecule has 0 spiro atoms. The van der Waals surface area contributed by atoms with Crippen molar-refractivity contribution in [3.63, 3.8) is 0 Å². The number of primary amides is 1. The van der Waals surface area contributed by atoms with E-state index in [1.54, 1.807) is 18.2 Å². The SMILES string of the molecule is NC(=O)[C@H](Cc1ccc(Cl)cc1Cl)NC(=O)[C@H]1CCCO1. The van der Waals surface area contributed by atoms with Gasteiger partial charge >= 0.3 is 0 Å². The fourth-order valence-corrected chi connectivity index (χ4v) is 2.66. The number of halogens is 2. The first-order valence-electron chi connectivity index (χ1n) is 6.62. The van der Waals surface area contributed by atoms with Crippen LogP contribution in [0.1, 0.15) is 18.4 Å². The lowest BCUT2D eigenvalue weighted by molar-refractivity contribution is -0.133. The van der Waals surface area contributed by atoms with Crippen LogP contribution in [-0.4, -0.2) is 30.6 Å². The molecule has 1 aromatic rings. The van der Waals surface area contributed by atoms with Crippen molar-refractivity contribution in [1.82, 2.24) is 5.32 Å². The molecule has 0 aliphatic carbocycles. The highest BCUT2D eigenvalue weighted by Gasteiger charge is 2.27. The Kier molecular flexibility index (Phi) is 5.45. The van der Waals surface area contributed by atoms with E-state index in [9.17, 15) is 9.59 Å². The van der Waals surface area contributed by atoms with Gasteiger partial charge in [0, 0.05) is 23.1 Å². The second-order valence-corrected chi connectivity index (χ2v) is 5.75. The van der Waals surface area contributed by atoms with E-state index in [4.69, 9.17) is 33.7 Å². The number of nitrogens with one attached hydrogen (secondary N) is 1. The molecule has 0 bridgehead atoms. The molecule has 21 heavy (non-hydrogen) atoms. The molecule has 1 aliphatic rings. The molecule has 0 aromatic heterocycles. The standard InChI is InChI=1S/C14H16Cl2N2O3/c15-9-4-3-8(10(16)7-9)6-11(13(17)19)18-14(20)12-2-1-5-21-12/h3-4,7,11-12H,1-2,5-6H2,(H2,17,19)(H,18,20)/t11-,12+/m0/s1. The van der Waals surface area contributed by atoms with Crippen molar-refractivity contribution in [3.05, 3.63) is 33.8 Å². The van der Waals surface area contributed by atoms with Crippen molar-refractivity contribution >= 4 is 35.0 Å². The summed E-state index contributed by atoms with van der Waals surface area (Å²) >= 11 is 11.9. The summed E-state index contributed by atoms with van der Waals surface area (Å²) in [6.07, 6.45) is 1.19. The maximum Gasteiger partial charge on any atom is 0.249 e. The molecule has 1 aromatic carbocycles. The Labute approximate surface area is 132 Å². The maximum atomic E-state index is 12.0. The normalized spacial score (nSPS) is 19.2. The molecular weight excluding hydrogens is 315 g/mol. The number of nitrogens with two attached hydrogens (primary N) is 1. The van der Waals surface area contributed by atoms with E-state index in [1.807, 2.05) is 0 Å². The predicted octanol–water partition coefficient (Wildman–Crippen LogP) is 1.68. The molecular formula is C14H16Cl2N2O3. The highest BCUT2D eigenvalue weighted by Crippen LogP contribution is 2.22. The van der Waals surface area contributed by atoms with Crippen LogP contribution >= 0.6 is 23.2 Å². The quantitative estimate of drug-likeness (QED) is 0.861. The Hall–Kier alpha value is -1.30. The minimum atomic E-state index is -0.833. The number of benzene rings is 1. The molecule has 1 heterocycles. The van der Waals surface area contributed by atoms with Crippen molar-refractivity contribution in [2.24, 2.45) is 5.73 Å². The highest BCUT2D eigenvalue weighted by atomic mass is 35.5. The lowest BCUT2D eigenvalue weighted by Gasteiger charge is -2.18. The van der Waals surface area contributed by atoms with Crippen LogP contribution in [0.5, 0.6) is 0 Å². The minimum Gasteiger partial charge on any atom is -0.368 e. The summed E-state index contributed by atoms with van der Waals surface area (Å²) in [5, 5.41) is 3.55. The zero-order valence-electron chi connectivity index (χ0n) is 11.3. The van der Waals surface area contributed by atoms with Gasteiger partial charge in [-0.2, -0.15) is 0 Å². The van der Waals surface area contributed by atoms with Gasteiger partial charge < -0.3 is 15.8 Å². The first-order chi connectivity index (χ1) is 9.97. The molecule has 1 aliphatic heterocycles. The van der Waals surface area contributed by atoms with Gasteiger partial charge in [-0.25, -0.2) is 0 Å². The smallest absolute Gasteiger partial charge is 0.249 e. The summed E-state index contributed by atoms with van der Waals surface area (Å²) < 4.78 is 5.28. The second kappa shape index (κ2) is 7.11. The van der Waals surface area contributed by atoms with Crippen LogP contribution in [0.15, 0.2) is 18.2 Å². The first-order valence-corrected chi connectivity index (χ1v) is 7.38. The van der Waals surface area contributed by atoms with Gasteiger partial charge in [-0.3, -0.25) is 9.59 Å². The summed E-state index contributed by atoms with van der Waals surface area (Å²) in [4.78, 5) is 23.5. The number of carbonyl (C=O) groups is 2. The van der Waals surface area contributed by atoms with E-state index < -0.39 is 18.1 Å². The molecule has 2 amide bonds. The van der Waals surface area contributed by atoms with Gasteiger partial charge in [0.2, 0.25) is 11.8 Å². The average molecular weight is 331 g/mol. The second-order valence-electron chi connectivity index (χ2n) is 4.91. The summed E-state index contributed by atoms with van der Waals surface area (Å²) in [6.45, 7) is 0.558. The van der Waals surface area contributed by atoms with Crippen molar-refractivity contribution < 1.29 is 14.3 Å². The summed E-state index contributed by atoms with van der Waals surface area (Å²) in [5.74, 6) is -0.936. The number of rotatable bonds is 5. The van der Waals surface area contributed by atoms with Crippen molar-refractivity contribution in [1.29, 1.82) is 0 Å². The lowest BCUT2D eigenvalue weighted by Crippen LogP contribution is -2.49. The summed E-state index contributed by atoms with van der Waals surface area (Å²) in [5.41, 5.74) is 6.04. The monoisotopic (exact) mass is 330 g/mol. The fourth-order valence-electron chi connectivity index (χ4n) is 2.18. The molecule has 3 N–H and O–H groups in total. The fraction of sp³-hybridized carbons (Fsp3) is 0.429. The molecule has 1 saturated heterocycles. The van der Waals surface area contributed by atoms with Crippen molar-refractivity contribution in [2.75, 3.05) is 6.61 Å². The van der Waals surface area contributed by atoms with E-state index in [1.165, 1.54) is 0 Å². The Morgan fingerprint density at radius 3 is 2.76 bits per heavy atom. The van der Waals surface area contributed by atoms with Crippen LogP contribution in [0.4, 0.5) is 0 Å². The van der Waals surface area contributed by atoms with Gasteiger partial charge in [-0.15, -0.1) is 0 Å². The maximum absolute atomic E-state index is 12.0. The minimum absolute atomic E-state index is 0.212. The van der Waals surface area contributed by atoms with Crippen LogP contribution in [0.25, 0.3) is 0 Å². The molecule has 114 valence electrons. The Morgan fingerprint density at radius 1 is 1.43 bits per heavy atom. The number of amides is 2. The van der Waals surface area contributed by atoms with Crippen LogP contribution in [-0.2, 0) is 20.7 Å². The number of ether oxygens (including phenoxy) is 1. The summed E-state index contributed by atoms with van der Waals surface area (Å²) in [7, 11) is 0. The average Bonchev–Trinajstić information content (AvgIpc) is 2.94. The van der Waals surface area contributed by atoms with Crippen LogP contribution < -0.4 is 11.1 Å². The van der Waals surface area contributed by atoms with Crippen molar-refractivity contribution in [3.8, 4) is 0 Å². The Balaban J connectivity index is 2.04. The topological polar surface area (TPSA) is 81.4 Å². The predicted molar refractivity (Wildman–Crippen MR) is 80.3 cm³/mol. The molecule has 7 heteroatoms. The third-order valence-electron chi connectivity index (χ3n) is 3.32. The first kappa shape index (κ1) is 16.1. The van der Waals surface area contributed by atoms with Gasteiger partial charge in [0.1, 0.15) is 12.1 Å². The van der Waals surface area contributed by atoms with Gasteiger partial charge in [0.05, 0.1) is 0 Å². The molecule has 0 radical (unpaired) electrons. The van der Waals surface area contributed by atoms with Crippen molar-refractivity contribution in [2.45, 2.75) is 31.4 Å². The van der Waals surface area contributed by atoms with E-state index in [0.29, 0.717) is 28.6 Å². The van der Waals surface area contributed by atoms with E-state index in [-0.39, 0.29) is 12.3 Å². The van der Waals surface area contributed by atoms with Crippen LogP contribution in [0.3, 0.4) is 0 Å². The van der Waals surface area contributed by atoms with Crippen LogP contribution in [0, 0.1) is 0 Å². The van der Waals surface area contributed by atoms with E-state index >= 15 is 0 Å². The molecule has 2 rings (SSSR count). The molecule has 5 nitrogen and oxygen atoms in total. The van der Waals surface area contributed by atoms with Gasteiger partial charge in [-0.05, 0) is 30.5 Å². The number of hydrogen-bond donors (Lipinski definition) is 2. The molecule has 0 unspecified atom stereocenters. The molecule has 0 saturated carbocycles. The van der Waals surface area contributed by atoms with E-state index in [0.717, 1.165) is 6.42 Å².